The summed E-state index contributed by atoms with van der Waals surface area (Å²) in [6, 6.07) is -0.310. The van der Waals surface area contributed by atoms with E-state index in [0.29, 0.717) is 12.4 Å². The zero-order chi connectivity index (χ0) is 12.1. The molecule has 0 saturated heterocycles. The van der Waals surface area contributed by atoms with Gasteiger partial charge in [0.1, 0.15) is 5.69 Å². The highest BCUT2D eigenvalue weighted by Crippen LogP contribution is 2.07. The Balaban J connectivity index is 2.51. The molecule has 0 aliphatic rings. The molecule has 8 heteroatoms. The highest BCUT2D eigenvalue weighted by molar-refractivity contribution is 5.95. The van der Waals surface area contributed by atoms with E-state index in [1.807, 2.05) is 0 Å². The molecular formula is C8H13N5O3. The number of carbonyl (C=O) groups excluding carboxylic acids is 1. The number of H-pyrrole nitrogens is 1. The first-order valence-corrected chi connectivity index (χ1v) is 4.57. The number of imidazole rings is 1. The van der Waals surface area contributed by atoms with E-state index in [4.69, 9.17) is 10.8 Å². The number of primary amides is 1. The van der Waals surface area contributed by atoms with Crippen molar-refractivity contribution >= 4 is 17.8 Å². The molecule has 16 heavy (non-hydrogen) atoms. The smallest absolute Gasteiger partial charge is 0.404 e. The lowest BCUT2D eigenvalue weighted by Crippen LogP contribution is -2.36. The topological polar surface area (TPSA) is 133 Å². The number of aromatic nitrogens is 2. The first kappa shape index (κ1) is 11.8. The van der Waals surface area contributed by atoms with Gasteiger partial charge in [0.25, 0.3) is 5.91 Å². The fourth-order valence-corrected chi connectivity index (χ4v) is 1.13. The predicted octanol–water partition coefficient (Wildman–Crippen LogP) is -0.423. The van der Waals surface area contributed by atoms with E-state index >= 15 is 0 Å². The van der Waals surface area contributed by atoms with Crippen molar-refractivity contribution in [3.63, 3.8) is 0 Å². The predicted molar refractivity (Wildman–Crippen MR) is 56.2 cm³/mol. The lowest BCUT2D eigenvalue weighted by molar-refractivity contribution is 0.0996. The van der Waals surface area contributed by atoms with Crippen molar-refractivity contribution < 1.29 is 14.7 Å². The molecule has 0 bridgehead atoms. The standard InChI is InChI=1S/C8H13N5O3/c1-4(13-8(15)16)2-10-7-5(6(9)14)11-3-12-7/h3-4,10,13H,2H2,1H3,(H2,9,14)(H,11,12)(H,15,16). The molecule has 8 nitrogen and oxygen atoms in total. The maximum Gasteiger partial charge on any atom is 0.404 e. The largest absolute Gasteiger partial charge is 0.465 e. The molecule has 2 amide bonds. The number of rotatable bonds is 5. The molecule has 0 aromatic carbocycles. The molecule has 0 aliphatic carbocycles. The highest BCUT2D eigenvalue weighted by Gasteiger charge is 2.12. The van der Waals surface area contributed by atoms with Gasteiger partial charge in [-0.25, -0.2) is 9.78 Å². The lowest BCUT2D eigenvalue weighted by Gasteiger charge is -2.12. The summed E-state index contributed by atoms with van der Waals surface area (Å²) in [5.74, 6) is -0.314. The number of nitrogens with two attached hydrogens (primary N) is 1. The number of hydrogen-bond donors (Lipinski definition) is 5. The van der Waals surface area contributed by atoms with Crippen molar-refractivity contribution in [3.05, 3.63) is 12.0 Å². The Morgan fingerprint density at radius 2 is 2.38 bits per heavy atom. The average Bonchev–Trinajstić information content (AvgIpc) is 2.61. The molecule has 1 unspecified atom stereocenters. The van der Waals surface area contributed by atoms with Crippen LogP contribution in [-0.2, 0) is 0 Å². The van der Waals surface area contributed by atoms with Crippen molar-refractivity contribution in [1.82, 2.24) is 15.3 Å². The first-order valence-electron chi connectivity index (χ1n) is 4.57. The molecule has 1 rings (SSSR count). The summed E-state index contributed by atoms with van der Waals surface area (Å²) in [6.45, 7) is 1.98. The molecule has 88 valence electrons. The van der Waals surface area contributed by atoms with Gasteiger partial charge in [0.05, 0.1) is 6.33 Å². The number of nitrogens with zero attached hydrogens (tertiary/aromatic N) is 1. The number of amides is 2. The van der Waals surface area contributed by atoms with Crippen LogP contribution in [-0.4, -0.2) is 39.7 Å². The summed E-state index contributed by atoms with van der Waals surface area (Å²) in [6.07, 6.45) is 0.226. The monoisotopic (exact) mass is 227 g/mol. The van der Waals surface area contributed by atoms with E-state index in [2.05, 4.69) is 20.6 Å². The van der Waals surface area contributed by atoms with Crippen molar-refractivity contribution in [1.29, 1.82) is 0 Å². The van der Waals surface area contributed by atoms with Gasteiger partial charge in [-0.15, -0.1) is 0 Å². The first-order chi connectivity index (χ1) is 7.50. The van der Waals surface area contributed by atoms with Crippen LogP contribution < -0.4 is 16.4 Å². The number of anilines is 1. The quantitative estimate of drug-likeness (QED) is 0.465. The van der Waals surface area contributed by atoms with Crippen molar-refractivity contribution in [2.24, 2.45) is 5.73 Å². The van der Waals surface area contributed by atoms with Gasteiger partial charge in [0.15, 0.2) is 5.82 Å². The summed E-state index contributed by atoms with van der Waals surface area (Å²) < 4.78 is 0. The molecule has 0 aliphatic heterocycles. The number of aromatic amines is 1. The third-order valence-electron chi connectivity index (χ3n) is 1.83. The second-order valence-corrected chi connectivity index (χ2v) is 3.22. The normalized spacial score (nSPS) is 11.8. The van der Waals surface area contributed by atoms with Crippen molar-refractivity contribution in [2.75, 3.05) is 11.9 Å². The maximum atomic E-state index is 10.9. The molecule has 1 aromatic rings. The molecule has 1 aromatic heterocycles. The fraction of sp³-hybridized carbons (Fsp3) is 0.375. The molecule has 0 saturated carbocycles. The zero-order valence-electron chi connectivity index (χ0n) is 8.65. The number of carboxylic acid groups (broad SMARTS) is 1. The summed E-state index contributed by atoms with van der Waals surface area (Å²) in [5.41, 5.74) is 5.26. The van der Waals surface area contributed by atoms with E-state index in [1.54, 1.807) is 6.92 Å². The molecule has 1 heterocycles. The highest BCUT2D eigenvalue weighted by atomic mass is 16.4. The van der Waals surface area contributed by atoms with Gasteiger partial charge in [-0.2, -0.15) is 0 Å². The van der Waals surface area contributed by atoms with Crippen LogP contribution in [0.15, 0.2) is 6.33 Å². The maximum absolute atomic E-state index is 10.9. The third kappa shape index (κ3) is 3.15. The van der Waals surface area contributed by atoms with Gasteiger partial charge in [-0.05, 0) is 6.92 Å². The fourth-order valence-electron chi connectivity index (χ4n) is 1.13. The summed E-state index contributed by atoms with van der Waals surface area (Å²) in [7, 11) is 0. The minimum Gasteiger partial charge on any atom is -0.465 e. The van der Waals surface area contributed by atoms with Crippen LogP contribution in [0.4, 0.5) is 10.6 Å². The van der Waals surface area contributed by atoms with Crippen molar-refractivity contribution in [3.8, 4) is 0 Å². The van der Waals surface area contributed by atoms with E-state index in [0.717, 1.165) is 0 Å². The molecule has 0 fully saturated rings. The molecule has 1 atom stereocenters. The van der Waals surface area contributed by atoms with E-state index in [-0.39, 0.29) is 11.7 Å². The lowest BCUT2D eigenvalue weighted by atomic mass is 10.3. The molecule has 0 radical (unpaired) electrons. The third-order valence-corrected chi connectivity index (χ3v) is 1.83. The zero-order valence-corrected chi connectivity index (χ0v) is 8.65. The Morgan fingerprint density at radius 3 is 2.94 bits per heavy atom. The van der Waals surface area contributed by atoms with Gasteiger partial charge in [-0.1, -0.05) is 0 Å². The summed E-state index contributed by atoms with van der Waals surface area (Å²) in [4.78, 5) is 27.6. The Labute approximate surface area is 91.2 Å². The van der Waals surface area contributed by atoms with E-state index in [9.17, 15) is 9.59 Å². The van der Waals surface area contributed by atoms with Gasteiger partial charge in [0, 0.05) is 12.6 Å². The molecule has 0 spiro atoms. The summed E-state index contributed by atoms with van der Waals surface area (Å²) >= 11 is 0. The Hall–Kier alpha value is -2.25. The SMILES string of the molecule is CC(CNc1nc[nH]c1C(N)=O)NC(=O)O. The average molecular weight is 227 g/mol. The second kappa shape index (κ2) is 5.01. The second-order valence-electron chi connectivity index (χ2n) is 3.22. The Bertz CT molecular complexity index is 389. The van der Waals surface area contributed by atoms with Gasteiger partial charge in [-0.3, -0.25) is 4.79 Å². The van der Waals surface area contributed by atoms with Gasteiger partial charge < -0.3 is 26.5 Å². The van der Waals surface area contributed by atoms with E-state index < -0.39 is 12.0 Å². The van der Waals surface area contributed by atoms with Crippen LogP contribution in [0.2, 0.25) is 0 Å². The number of carbonyl (C=O) groups is 2. The molecule has 6 N–H and O–H groups in total. The number of nitrogens with one attached hydrogen (secondary N) is 3. The molecular weight excluding hydrogens is 214 g/mol. The number of hydrogen-bond acceptors (Lipinski definition) is 4. The van der Waals surface area contributed by atoms with Crippen LogP contribution in [0.25, 0.3) is 0 Å². The van der Waals surface area contributed by atoms with Gasteiger partial charge in [0.2, 0.25) is 0 Å². The Kier molecular flexibility index (Phi) is 3.70. The van der Waals surface area contributed by atoms with Crippen molar-refractivity contribution in [2.45, 2.75) is 13.0 Å². The van der Waals surface area contributed by atoms with Crippen LogP contribution in [0.5, 0.6) is 0 Å². The van der Waals surface area contributed by atoms with Crippen LogP contribution in [0, 0.1) is 0 Å². The van der Waals surface area contributed by atoms with Crippen LogP contribution >= 0.6 is 0 Å². The van der Waals surface area contributed by atoms with E-state index in [1.165, 1.54) is 6.33 Å². The van der Waals surface area contributed by atoms with Crippen LogP contribution in [0.3, 0.4) is 0 Å². The summed E-state index contributed by atoms with van der Waals surface area (Å²) in [5, 5.41) is 13.5. The minimum absolute atomic E-state index is 0.169. The Morgan fingerprint density at radius 1 is 1.69 bits per heavy atom. The van der Waals surface area contributed by atoms with Crippen LogP contribution in [0.1, 0.15) is 17.4 Å². The van der Waals surface area contributed by atoms with Gasteiger partial charge >= 0.3 is 6.09 Å². The minimum atomic E-state index is -1.11.